The summed E-state index contributed by atoms with van der Waals surface area (Å²) in [5, 5.41) is 14.1. The summed E-state index contributed by atoms with van der Waals surface area (Å²) in [5.74, 6) is -0.578. The molecular formula is C12H17BrN2O4. The van der Waals surface area contributed by atoms with E-state index in [0.717, 1.165) is 0 Å². The number of amides is 2. The number of halogens is 1. The zero-order valence-corrected chi connectivity index (χ0v) is 12.4. The fourth-order valence-electron chi connectivity index (χ4n) is 1.36. The van der Waals surface area contributed by atoms with Crippen molar-refractivity contribution in [2.45, 2.75) is 19.9 Å². The van der Waals surface area contributed by atoms with E-state index in [-0.39, 0.29) is 36.8 Å². The minimum atomic E-state index is -0.467. The Bertz CT molecular complexity index is 445. The molecule has 2 amide bonds. The lowest BCUT2D eigenvalue weighted by atomic mass is 10.1. The van der Waals surface area contributed by atoms with E-state index in [1.54, 1.807) is 6.07 Å². The maximum absolute atomic E-state index is 11.6. The van der Waals surface area contributed by atoms with Crippen molar-refractivity contribution < 1.29 is 19.1 Å². The van der Waals surface area contributed by atoms with Crippen molar-refractivity contribution in [2.24, 2.45) is 5.92 Å². The number of hydrogen-bond acceptors (Lipinski definition) is 4. The molecule has 0 spiro atoms. The van der Waals surface area contributed by atoms with Crippen LogP contribution in [0.25, 0.3) is 0 Å². The molecule has 3 N–H and O–H groups in total. The van der Waals surface area contributed by atoms with Crippen LogP contribution in [0.5, 0.6) is 0 Å². The number of carbonyl (C=O) groups excluding carboxylic acids is 2. The van der Waals surface area contributed by atoms with Crippen LogP contribution in [0.3, 0.4) is 0 Å². The first-order valence-corrected chi connectivity index (χ1v) is 6.67. The van der Waals surface area contributed by atoms with Gasteiger partial charge in [-0.1, -0.05) is 13.8 Å². The third kappa shape index (κ3) is 5.04. The van der Waals surface area contributed by atoms with E-state index in [9.17, 15) is 9.59 Å². The molecule has 19 heavy (non-hydrogen) atoms. The third-order valence-corrected chi connectivity index (χ3v) is 2.98. The molecule has 0 bridgehead atoms. The van der Waals surface area contributed by atoms with E-state index in [1.807, 2.05) is 13.8 Å². The number of hydrogen-bond donors (Lipinski definition) is 3. The maximum Gasteiger partial charge on any atom is 0.287 e. The Balaban J connectivity index is 2.40. The maximum atomic E-state index is 11.6. The molecule has 1 heterocycles. The normalized spacial score (nSPS) is 12.3. The van der Waals surface area contributed by atoms with Gasteiger partial charge in [0.25, 0.3) is 5.91 Å². The van der Waals surface area contributed by atoms with E-state index in [4.69, 9.17) is 9.52 Å². The topological polar surface area (TPSA) is 91.6 Å². The Labute approximate surface area is 119 Å². The van der Waals surface area contributed by atoms with Crippen LogP contribution in [0.1, 0.15) is 24.4 Å². The first kappa shape index (κ1) is 15.7. The molecule has 1 atom stereocenters. The van der Waals surface area contributed by atoms with Gasteiger partial charge in [-0.3, -0.25) is 9.59 Å². The van der Waals surface area contributed by atoms with Crippen molar-refractivity contribution in [3.63, 3.8) is 0 Å². The SMILES string of the molecule is CC(C)[C@@H](CO)NC(=O)CNC(=O)c1ccc(Br)o1. The van der Waals surface area contributed by atoms with Gasteiger partial charge in [-0.2, -0.15) is 0 Å². The Hall–Kier alpha value is -1.34. The van der Waals surface area contributed by atoms with Crippen molar-refractivity contribution in [1.29, 1.82) is 0 Å². The molecule has 106 valence electrons. The highest BCUT2D eigenvalue weighted by molar-refractivity contribution is 9.10. The summed E-state index contributed by atoms with van der Waals surface area (Å²) in [4.78, 5) is 23.2. The molecule has 1 aromatic heterocycles. The lowest BCUT2D eigenvalue weighted by Gasteiger charge is -2.19. The number of nitrogens with one attached hydrogen (secondary N) is 2. The molecule has 6 nitrogen and oxygen atoms in total. The average Bonchev–Trinajstić information content (AvgIpc) is 2.79. The van der Waals surface area contributed by atoms with Gasteiger partial charge in [0.1, 0.15) is 0 Å². The van der Waals surface area contributed by atoms with Crippen LogP contribution in [-0.2, 0) is 4.79 Å². The van der Waals surface area contributed by atoms with Crippen LogP contribution in [-0.4, -0.2) is 36.1 Å². The number of furan rings is 1. The highest BCUT2D eigenvalue weighted by Crippen LogP contribution is 2.13. The summed E-state index contributed by atoms with van der Waals surface area (Å²) in [7, 11) is 0. The van der Waals surface area contributed by atoms with Crippen LogP contribution < -0.4 is 10.6 Å². The monoisotopic (exact) mass is 332 g/mol. The number of aliphatic hydroxyl groups is 1. The second kappa shape index (κ2) is 7.30. The van der Waals surface area contributed by atoms with Gasteiger partial charge < -0.3 is 20.2 Å². The molecule has 0 saturated heterocycles. The molecule has 7 heteroatoms. The fraction of sp³-hybridized carbons (Fsp3) is 0.500. The van der Waals surface area contributed by atoms with Gasteiger partial charge in [0.05, 0.1) is 19.2 Å². The standard InChI is InChI=1S/C12H17BrN2O4/c1-7(2)8(6-16)15-11(17)5-14-12(18)9-3-4-10(13)19-9/h3-4,7-8,16H,5-6H2,1-2H3,(H,14,18)(H,15,17)/t8-/m1/s1. The summed E-state index contributed by atoms with van der Waals surface area (Å²) in [6.07, 6.45) is 0. The molecule has 1 rings (SSSR count). The average molecular weight is 333 g/mol. The number of rotatable bonds is 6. The first-order chi connectivity index (χ1) is 8.93. The highest BCUT2D eigenvalue weighted by Gasteiger charge is 2.16. The van der Waals surface area contributed by atoms with Crippen LogP contribution in [0.4, 0.5) is 0 Å². The summed E-state index contributed by atoms with van der Waals surface area (Å²) in [6.45, 7) is 3.48. The third-order valence-electron chi connectivity index (χ3n) is 2.55. The van der Waals surface area contributed by atoms with Crippen LogP contribution in [0.15, 0.2) is 21.2 Å². The van der Waals surface area contributed by atoms with E-state index < -0.39 is 5.91 Å². The molecule has 0 aliphatic heterocycles. The van der Waals surface area contributed by atoms with E-state index in [1.165, 1.54) is 6.07 Å². The Morgan fingerprint density at radius 1 is 1.42 bits per heavy atom. The smallest absolute Gasteiger partial charge is 0.287 e. The van der Waals surface area contributed by atoms with E-state index >= 15 is 0 Å². The molecule has 0 saturated carbocycles. The largest absolute Gasteiger partial charge is 0.444 e. The van der Waals surface area contributed by atoms with Crippen LogP contribution >= 0.6 is 15.9 Å². The van der Waals surface area contributed by atoms with Crippen molar-refractivity contribution >= 4 is 27.7 Å². The van der Waals surface area contributed by atoms with Crippen molar-refractivity contribution in [3.05, 3.63) is 22.6 Å². The first-order valence-electron chi connectivity index (χ1n) is 5.87. The Morgan fingerprint density at radius 2 is 2.11 bits per heavy atom. The van der Waals surface area contributed by atoms with Crippen molar-refractivity contribution in [3.8, 4) is 0 Å². The molecule has 0 radical (unpaired) electrons. The van der Waals surface area contributed by atoms with Crippen LogP contribution in [0, 0.1) is 5.92 Å². The van der Waals surface area contributed by atoms with Crippen molar-refractivity contribution in [1.82, 2.24) is 10.6 Å². The lowest BCUT2D eigenvalue weighted by Crippen LogP contribution is -2.45. The van der Waals surface area contributed by atoms with Gasteiger partial charge in [0, 0.05) is 0 Å². The quantitative estimate of drug-likeness (QED) is 0.721. The second-order valence-electron chi connectivity index (χ2n) is 4.39. The molecule has 0 unspecified atom stereocenters. The minimum absolute atomic E-state index is 0.116. The highest BCUT2D eigenvalue weighted by atomic mass is 79.9. The van der Waals surface area contributed by atoms with E-state index in [0.29, 0.717) is 4.67 Å². The lowest BCUT2D eigenvalue weighted by molar-refractivity contribution is -0.121. The zero-order chi connectivity index (χ0) is 14.4. The molecule has 0 aliphatic rings. The number of carbonyl (C=O) groups is 2. The zero-order valence-electron chi connectivity index (χ0n) is 10.8. The Morgan fingerprint density at radius 3 is 2.58 bits per heavy atom. The molecule has 1 aromatic rings. The minimum Gasteiger partial charge on any atom is -0.444 e. The predicted molar refractivity (Wildman–Crippen MR) is 72.6 cm³/mol. The Kier molecular flexibility index (Phi) is 6.04. The van der Waals surface area contributed by atoms with Crippen molar-refractivity contribution in [2.75, 3.05) is 13.2 Å². The molecule has 0 aromatic carbocycles. The van der Waals surface area contributed by atoms with Gasteiger partial charge in [-0.15, -0.1) is 0 Å². The van der Waals surface area contributed by atoms with Gasteiger partial charge in [-0.25, -0.2) is 0 Å². The summed E-state index contributed by atoms with van der Waals surface area (Å²) < 4.78 is 5.50. The number of aliphatic hydroxyl groups excluding tert-OH is 1. The summed E-state index contributed by atoms with van der Waals surface area (Å²) in [5.41, 5.74) is 0. The van der Waals surface area contributed by atoms with Gasteiger partial charge in [-0.05, 0) is 34.0 Å². The fourth-order valence-corrected chi connectivity index (χ4v) is 1.67. The predicted octanol–water partition coefficient (Wildman–Crippen LogP) is 0.905. The van der Waals surface area contributed by atoms with Gasteiger partial charge in [0.15, 0.2) is 10.4 Å². The van der Waals surface area contributed by atoms with E-state index in [2.05, 4.69) is 26.6 Å². The molecular weight excluding hydrogens is 316 g/mol. The summed E-state index contributed by atoms with van der Waals surface area (Å²) >= 11 is 3.08. The van der Waals surface area contributed by atoms with Gasteiger partial charge >= 0.3 is 0 Å². The molecule has 0 aliphatic carbocycles. The second-order valence-corrected chi connectivity index (χ2v) is 5.17. The van der Waals surface area contributed by atoms with Crippen LogP contribution in [0.2, 0.25) is 0 Å². The molecule has 0 fully saturated rings. The summed E-state index contributed by atoms with van der Waals surface area (Å²) in [6, 6.07) is 2.78. The van der Waals surface area contributed by atoms with Gasteiger partial charge in [0.2, 0.25) is 5.91 Å².